The van der Waals surface area contributed by atoms with Crippen LogP contribution >= 0.6 is 11.3 Å². The molecule has 4 aromatic rings. The number of benzene rings is 2. The molecule has 20 heavy (non-hydrogen) atoms. The fourth-order valence-corrected chi connectivity index (χ4v) is 3.18. The van der Waals surface area contributed by atoms with Crippen LogP contribution in [0, 0.1) is 0 Å². The summed E-state index contributed by atoms with van der Waals surface area (Å²) in [4.78, 5) is 7.54. The van der Waals surface area contributed by atoms with Crippen LogP contribution in [-0.2, 0) is 6.54 Å². The van der Waals surface area contributed by atoms with Crippen LogP contribution in [0.2, 0.25) is 0 Å². The maximum atomic E-state index is 4.30. The Bertz CT molecular complexity index is 875. The Labute approximate surface area is 120 Å². The molecule has 2 heterocycles. The van der Waals surface area contributed by atoms with Gasteiger partial charge in [-0.05, 0) is 35.9 Å². The number of nitrogens with one attached hydrogen (secondary N) is 2. The maximum absolute atomic E-state index is 4.30. The van der Waals surface area contributed by atoms with E-state index in [1.807, 2.05) is 11.7 Å². The summed E-state index contributed by atoms with van der Waals surface area (Å²) in [5.74, 6) is 0. The lowest BCUT2D eigenvalue weighted by Crippen LogP contribution is -1.99. The van der Waals surface area contributed by atoms with Crippen molar-refractivity contribution in [3.05, 3.63) is 59.7 Å². The summed E-state index contributed by atoms with van der Waals surface area (Å²) in [6, 6.07) is 14.8. The van der Waals surface area contributed by atoms with Crippen molar-refractivity contribution in [2.45, 2.75) is 6.54 Å². The third-order valence-corrected chi connectivity index (χ3v) is 4.29. The molecule has 0 aliphatic rings. The van der Waals surface area contributed by atoms with Crippen LogP contribution in [0.4, 0.5) is 5.69 Å². The molecule has 0 atom stereocenters. The number of thiazole rings is 1. The lowest BCUT2D eigenvalue weighted by atomic mass is 10.1. The number of hydrogen-bond acceptors (Lipinski definition) is 3. The van der Waals surface area contributed by atoms with E-state index in [2.05, 4.69) is 57.7 Å². The molecule has 2 aromatic carbocycles. The largest absolute Gasteiger partial charge is 0.381 e. The summed E-state index contributed by atoms with van der Waals surface area (Å²) >= 11 is 1.67. The molecule has 0 radical (unpaired) electrons. The summed E-state index contributed by atoms with van der Waals surface area (Å²) in [6.45, 7) is 0.819. The minimum Gasteiger partial charge on any atom is -0.381 e. The van der Waals surface area contributed by atoms with Crippen LogP contribution < -0.4 is 5.32 Å². The van der Waals surface area contributed by atoms with Gasteiger partial charge in [0, 0.05) is 29.3 Å². The fourth-order valence-electron chi connectivity index (χ4n) is 2.47. The number of aromatic amines is 1. The molecule has 0 saturated carbocycles. The van der Waals surface area contributed by atoms with Crippen molar-refractivity contribution in [2.24, 2.45) is 0 Å². The Morgan fingerprint density at radius 2 is 2.15 bits per heavy atom. The van der Waals surface area contributed by atoms with Gasteiger partial charge in [0.2, 0.25) is 0 Å². The second-order valence-electron chi connectivity index (χ2n) is 4.74. The van der Waals surface area contributed by atoms with Gasteiger partial charge in [-0.25, -0.2) is 4.98 Å². The average Bonchev–Trinajstić information content (AvgIpc) is 3.13. The summed E-state index contributed by atoms with van der Waals surface area (Å²) in [5.41, 5.74) is 6.56. The highest BCUT2D eigenvalue weighted by atomic mass is 32.1. The average molecular weight is 279 g/mol. The lowest BCUT2D eigenvalue weighted by Gasteiger charge is -2.07. The summed E-state index contributed by atoms with van der Waals surface area (Å²) in [7, 11) is 0. The normalized spacial score (nSPS) is 11.2. The molecular formula is C16H13N3S. The summed E-state index contributed by atoms with van der Waals surface area (Å²) < 4.78 is 1.22. The Morgan fingerprint density at radius 3 is 3.15 bits per heavy atom. The lowest BCUT2D eigenvalue weighted by molar-refractivity contribution is 1.17. The van der Waals surface area contributed by atoms with Crippen molar-refractivity contribution in [3.63, 3.8) is 0 Å². The number of nitrogens with zero attached hydrogens (tertiary/aromatic N) is 1. The van der Waals surface area contributed by atoms with E-state index in [9.17, 15) is 0 Å². The second kappa shape index (κ2) is 4.65. The molecule has 3 nitrogen and oxygen atoms in total. The zero-order valence-electron chi connectivity index (χ0n) is 10.8. The first-order valence-electron chi connectivity index (χ1n) is 6.52. The molecule has 0 fully saturated rings. The minimum atomic E-state index is 0.819. The van der Waals surface area contributed by atoms with Gasteiger partial charge in [-0.15, -0.1) is 11.3 Å². The number of aromatic nitrogens is 2. The highest BCUT2D eigenvalue weighted by Gasteiger charge is 2.02. The smallest absolute Gasteiger partial charge is 0.0813 e. The van der Waals surface area contributed by atoms with E-state index in [1.54, 1.807) is 11.3 Å². The minimum absolute atomic E-state index is 0.819. The molecule has 4 heteroatoms. The van der Waals surface area contributed by atoms with E-state index >= 15 is 0 Å². The molecule has 98 valence electrons. The van der Waals surface area contributed by atoms with E-state index in [1.165, 1.54) is 21.2 Å². The van der Waals surface area contributed by atoms with Gasteiger partial charge in [0.1, 0.15) is 0 Å². The van der Waals surface area contributed by atoms with Crippen LogP contribution in [0.25, 0.3) is 21.1 Å². The Morgan fingerprint density at radius 1 is 1.15 bits per heavy atom. The molecule has 0 bridgehead atoms. The van der Waals surface area contributed by atoms with E-state index in [0.717, 1.165) is 17.7 Å². The van der Waals surface area contributed by atoms with Crippen molar-refractivity contribution in [2.75, 3.05) is 5.32 Å². The van der Waals surface area contributed by atoms with E-state index < -0.39 is 0 Å². The number of hydrogen-bond donors (Lipinski definition) is 2. The first kappa shape index (κ1) is 11.5. The summed E-state index contributed by atoms with van der Waals surface area (Å²) in [6.07, 6.45) is 1.98. The van der Waals surface area contributed by atoms with Crippen LogP contribution in [-0.4, -0.2) is 9.97 Å². The molecule has 4 rings (SSSR count). The van der Waals surface area contributed by atoms with Gasteiger partial charge >= 0.3 is 0 Å². The standard InChI is InChI=1S/C16H13N3S/c1-2-11(13-6-7-17-14(13)3-1)9-18-12-4-5-15-16(8-12)20-10-19-15/h1-8,10,17-18H,9H2. The van der Waals surface area contributed by atoms with Gasteiger partial charge in [0.15, 0.2) is 0 Å². The SMILES string of the molecule is c1cc(CNc2ccc3ncsc3c2)c2cc[nH]c2c1. The molecule has 2 aromatic heterocycles. The van der Waals surface area contributed by atoms with Crippen molar-refractivity contribution in [1.82, 2.24) is 9.97 Å². The Balaban J connectivity index is 1.61. The maximum Gasteiger partial charge on any atom is 0.0813 e. The first-order chi connectivity index (χ1) is 9.90. The Hall–Kier alpha value is -2.33. The van der Waals surface area contributed by atoms with Crippen molar-refractivity contribution in [1.29, 1.82) is 0 Å². The predicted molar refractivity (Wildman–Crippen MR) is 85.2 cm³/mol. The van der Waals surface area contributed by atoms with Crippen LogP contribution in [0.1, 0.15) is 5.56 Å². The van der Waals surface area contributed by atoms with Gasteiger partial charge in [0.25, 0.3) is 0 Å². The quantitative estimate of drug-likeness (QED) is 0.584. The zero-order chi connectivity index (χ0) is 13.4. The Kier molecular flexibility index (Phi) is 2.67. The molecule has 0 amide bonds. The summed E-state index contributed by atoms with van der Waals surface area (Å²) in [5, 5.41) is 4.77. The van der Waals surface area contributed by atoms with Crippen LogP contribution in [0.15, 0.2) is 54.2 Å². The van der Waals surface area contributed by atoms with Gasteiger partial charge < -0.3 is 10.3 Å². The van der Waals surface area contributed by atoms with E-state index in [4.69, 9.17) is 0 Å². The zero-order valence-corrected chi connectivity index (χ0v) is 11.6. The van der Waals surface area contributed by atoms with E-state index in [-0.39, 0.29) is 0 Å². The van der Waals surface area contributed by atoms with Crippen molar-refractivity contribution >= 4 is 38.1 Å². The fraction of sp³-hybridized carbons (Fsp3) is 0.0625. The molecule has 0 saturated heterocycles. The van der Waals surface area contributed by atoms with Gasteiger partial charge in [-0.1, -0.05) is 12.1 Å². The topological polar surface area (TPSA) is 40.7 Å². The molecule has 0 spiro atoms. The molecule has 0 aliphatic heterocycles. The molecule has 0 unspecified atom stereocenters. The molecular weight excluding hydrogens is 266 g/mol. The molecule has 0 aliphatic carbocycles. The van der Waals surface area contributed by atoms with Crippen molar-refractivity contribution < 1.29 is 0 Å². The van der Waals surface area contributed by atoms with Gasteiger partial charge in [0.05, 0.1) is 15.7 Å². The predicted octanol–water partition coefficient (Wildman–Crippen LogP) is 4.39. The highest BCUT2D eigenvalue weighted by Crippen LogP contribution is 2.23. The number of anilines is 1. The number of fused-ring (bicyclic) bond motifs is 2. The number of rotatable bonds is 3. The van der Waals surface area contributed by atoms with Crippen LogP contribution in [0.5, 0.6) is 0 Å². The number of H-pyrrole nitrogens is 1. The first-order valence-corrected chi connectivity index (χ1v) is 7.40. The van der Waals surface area contributed by atoms with Crippen LogP contribution in [0.3, 0.4) is 0 Å². The van der Waals surface area contributed by atoms with Gasteiger partial charge in [-0.3, -0.25) is 0 Å². The van der Waals surface area contributed by atoms with Crippen molar-refractivity contribution in [3.8, 4) is 0 Å². The third-order valence-electron chi connectivity index (χ3n) is 3.50. The molecule has 2 N–H and O–H groups in total. The second-order valence-corrected chi connectivity index (χ2v) is 5.63. The van der Waals surface area contributed by atoms with Gasteiger partial charge in [-0.2, -0.15) is 0 Å². The van der Waals surface area contributed by atoms with E-state index in [0.29, 0.717) is 0 Å². The monoisotopic (exact) mass is 279 g/mol. The third kappa shape index (κ3) is 1.94. The highest BCUT2D eigenvalue weighted by molar-refractivity contribution is 7.16.